The fourth-order valence-electron chi connectivity index (χ4n) is 1.66. The lowest BCUT2D eigenvalue weighted by molar-refractivity contribution is 0.103. The number of aryl methyl sites for hydroxylation is 1. The van der Waals surface area contributed by atoms with E-state index in [2.05, 4.69) is 4.98 Å². The fraction of sp³-hybridized carbons (Fsp3) is 0.231. The van der Waals surface area contributed by atoms with Gasteiger partial charge in [-0.1, -0.05) is 12.1 Å². The number of carbonyl (C=O) groups excluding carboxylic acids is 1. The van der Waals surface area contributed by atoms with Gasteiger partial charge < -0.3 is 9.47 Å². The third kappa shape index (κ3) is 2.20. The van der Waals surface area contributed by atoms with Crippen molar-refractivity contribution in [3.8, 4) is 0 Å². The average Bonchev–Trinajstić information content (AvgIpc) is 2.64. The van der Waals surface area contributed by atoms with Crippen LogP contribution in [-0.4, -0.2) is 34.3 Å². The normalized spacial score (nSPS) is 11.2. The molecule has 4 nitrogen and oxygen atoms in total. The summed E-state index contributed by atoms with van der Waals surface area (Å²) in [6.45, 7) is 0. The zero-order chi connectivity index (χ0) is 12.4. The maximum atomic E-state index is 11.9. The average molecular weight is 229 g/mol. The van der Waals surface area contributed by atoms with Crippen molar-refractivity contribution in [2.24, 2.45) is 7.05 Å². The number of nitrogens with zero attached hydrogens (tertiary/aromatic N) is 3. The number of ketones is 1. The molecule has 1 aromatic carbocycles. The van der Waals surface area contributed by atoms with E-state index in [1.165, 1.54) is 6.08 Å². The third-order valence-corrected chi connectivity index (χ3v) is 2.53. The quantitative estimate of drug-likeness (QED) is 0.595. The predicted molar refractivity (Wildman–Crippen MR) is 67.9 cm³/mol. The number of rotatable bonds is 3. The second kappa shape index (κ2) is 4.41. The Morgan fingerprint density at radius 1 is 1.35 bits per heavy atom. The van der Waals surface area contributed by atoms with Crippen molar-refractivity contribution in [2.45, 2.75) is 0 Å². The second-order valence-electron chi connectivity index (χ2n) is 4.13. The zero-order valence-corrected chi connectivity index (χ0v) is 10.2. The molecule has 0 aliphatic heterocycles. The Kier molecular flexibility index (Phi) is 2.95. The molecule has 0 aliphatic carbocycles. The van der Waals surface area contributed by atoms with Gasteiger partial charge in [0.15, 0.2) is 5.82 Å². The Bertz CT molecular complexity index is 581. The first-order valence-corrected chi connectivity index (χ1v) is 5.40. The van der Waals surface area contributed by atoms with Gasteiger partial charge in [0.1, 0.15) is 0 Å². The molecule has 0 bridgehead atoms. The molecular weight excluding hydrogens is 214 g/mol. The summed E-state index contributed by atoms with van der Waals surface area (Å²) in [4.78, 5) is 18.1. The SMILES string of the molecule is CN(C)/C=C/C(=O)c1nc2ccccc2n1C. The van der Waals surface area contributed by atoms with Gasteiger partial charge >= 0.3 is 0 Å². The lowest BCUT2D eigenvalue weighted by Crippen LogP contribution is -2.07. The molecular formula is C13H15N3O. The van der Waals surface area contributed by atoms with Gasteiger partial charge in [-0.2, -0.15) is 0 Å². The largest absolute Gasteiger partial charge is 0.383 e. The fourth-order valence-corrected chi connectivity index (χ4v) is 1.66. The first-order valence-electron chi connectivity index (χ1n) is 5.40. The van der Waals surface area contributed by atoms with E-state index >= 15 is 0 Å². The molecule has 0 spiro atoms. The summed E-state index contributed by atoms with van der Waals surface area (Å²) in [6.07, 6.45) is 3.25. The van der Waals surface area contributed by atoms with Gasteiger partial charge in [0.25, 0.3) is 0 Å². The molecule has 0 fully saturated rings. The molecule has 1 heterocycles. The lowest BCUT2D eigenvalue weighted by atomic mass is 10.3. The number of hydrogen-bond acceptors (Lipinski definition) is 3. The summed E-state index contributed by atoms with van der Waals surface area (Å²) in [7, 11) is 5.60. The van der Waals surface area contributed by atoms with Crippen LogP contribution in [0, 0.1) is 0 Å². The first-order chi connectivity index (χ1) is 8.09. The highest BCUT2D eigenvalue weighted by Crippen LogP contribution is 2.14. The van der Waals surface area contributed by atoms with Crippen molar-refractivity contribution in [2.75, 3.05) is 14.1 Å². The Hall–Kier alpha value is -2.10. The van der Waals surface area contributed by atoms with Crippen LogP contribution in [0.2, 0.25) is 0 Å². The smallest absolute Gasteiger partial charge is 0.222 e. The van der Waals surface area contributed by atoms with Crippen LogP contribution in [0.1, 0.15) is 10.6 Å². The molecule has 0 radical (unpaired) electrons. The molecule has 0 atom stereocenters. The van der Waals surface area contributed by atoms with Crippen molar-refractivity contribution in [3.63, 3.8) is 0 Å². The molecule has 2 aromatic rings. The minimum Gasteiger partial charge on any atom is -0.383 e. The van der Waals surface area contributed by atoms with Gasteiger partial charge in [-0.15, -0.1) is 0 Å². The predicted octanol–water partition coefficient (Wildman–Crippen LogP) is 1.83. The molecule has 1 aromatic heterocycles. The van der Waals surface area contributed by atoms with Crippen molar-refractivity contribution < 1.29 is 4.79 Å². The minimum atomic E-state index is -0.0857. The molecule has 17 heavy (non-hydrogen) atoms. The van der Waals surface area contributed by atoms with Gasteiger partial charge in [-0.3, -0.25) is 4.79 Å². The highest BCUT2D eigenvalue weighted by molar-refractivity contribution is 6.03. The number of carbonyl (C=O) groups is 1. The van der Waals surface area contributed by atoms with Crippen LogP contribution in [0.4, 0.5) is 0 Å². The molecule has 2 rings (SSSR count). The van der Waals surface area contributed by atoms with Crippen LogP contribution >= 0.6 is 0 Å². The Morgan fingerprint density at radius 3 is 2.71 bits per heavy atom. The minimum absolute atomic E-state index is 0.0857. The molecule has 88 valence electrons. The topological polar surface area (TPSA) is 38.1 Å². The monoisotopic (exact) mass is 229 g/mol. The van der Waals surface area contributed by atoms with E-state index in [4.69, 9.17) is 0 Å². The van der Waals surface area contributed by atoms with Gasteiger partial charge in [-0.25, -0.2) is 4.98 Å². The summed E-state index contributed by atoms with van der Waals surface area (Å²) in [5.41, 5.74) is 1.81. The van der Waals surface area contributed by atoms with E-state index < -0.39 is 0 Å². The van der Waals surface area contributed by atoms with Gasteiger partial charge in [0, 0.05) is 33.4 Å². The highest BCUT2D eigenvalue weighted by atomic mass is 16.1. The van der Waals surface area contributed by atoms with Crippen LogP contribution in [-0.2, 0) is 7.05 Å². The molecule has 0 amide bonds. The highest BCUT2D eigenvalue weighted by Gasteiger charge is 2.12. The van der Waals surface area contributed by atoms with Crippen LogP contribution < -0.4 is 0 Å². The van der Waals surface area contributed by atoms with Crippen LogP contribution in [0.5, 0.6) is 0 Å². The number of allylic oxidation sites excluding steroid dienone is 1. The maximum absolute atomic E-state index is 11.9. The second-order valence-corrected chi connectivity index (χ2v) is 4.13. The summed E-state index contributed by atoms with van der Waals surface area (Å²) in [5.74, 6) is 0.377. The number of hydrogen-bond donors (Lipinski definition) is 0. The molecule has 4 heteroatoms. The molecule has 0 saturated heterocycles. The van der Waals surface area contributed by atoms with Crippen molar-refractivity contribution in [1.82, 2.24) is 14.5 Å². The Balaban J connectivity index is 2.42. The number of fused-ring (bicyclic) bond motifs is 1. The lowest BCUT2D eigenvalue weighted by Gasteiger charge is -2.02. The molecule has 0 unspecified atom stereocenters. The third-order valence-electron chi connectivity index (χ3n) is 2.53. The van der Waals surface area contributed by atoms with E-state index in [0.29, 0.717) is 5.82 Å². The summed E-state index contributed by atoms with van der Waals surface area (Å²) < 4.78 is 1.82. The van der Waals surface area contributed by atoms with Crippen molar-refractivity contribution in [3.05, 3.63) is 42.4 Å². The van der Waals surface area contributed by atoms with Crippen molar-refractivity contribution >= 4 is 16.8 Å². The Labute approximate surface area is 100 Å². The zero-order valence-electron chi connectivity index (χ0n) is 10.2. The van der Waals surface area contributed by atoms with E-state index in [1.807, 2.05) is 54.9 Å². The standard InChI is InChI=1S/C13H15N3O/c1-15(2)9-8-12(17)13-14-10-6-4-5-7-11(10)16(13)3/h4-9H,1-3H3/b9-8+. The van der Waals surface area contributed by atoms with Crippen LogP contribution in [0.3, 0.4) is 0 Å². The summed E-state index contributed by atoms with van der Waals surface area (Å²) >= 11 is 0. The van der Waals surface area contributed by atoms with Gasteiger partial charge in [0.2, 0.25) is 5.78 Å². The molecule has 0 saturated carbocycles. The van der Waals surface area contributed by atoms with Gasteiger partial charge in [0.05, 0.1) is 11.0 Å². The van der Waals surface area contributed by atoms with E-state index in [9.17, 15) is 4.79 Å². The van der Waals surface area contributed by atoms with Crippen LogP contribution in [0.15, 0.2) is 36.5 Å². The number of benzene rings is 1. The van der Waals surface area contributed by atoms with Crippen LogP contribution in [0.25, 0.3) is 11.0 Å². The summed E-state index contributed by atoms with van der Waals surface area (Å²) in [6, 6.07) is 7.71. The number of imidazole rings is 1. The van der Waals surface area contributed by atoms with Crippen molar-refractivity contribution in [1.29, 1.82) is 0 Å². The first kappa shape index (κ1) is 11.4. The number of para-hydroxylation sites is 2. The Morgan fingerprint density at radius 2 is 2.06 bits per heavy atom. The molecule has 0 aliphatic rings. The van der Waals surface area contributed by atoms with Gasteiger partial charge in [-0.05, 0) is 12.1 Å². The molecule has 0 N–H and O–H groups in total. The van der Waals surface area contributed by atoms with E-state index in [1.54, 1.807) is 6.20 Å². The number of aromatic nitrogens is 2. The van der Waals surface area contributed by atoms with E-state index in [-0.39, 0.29) is 5.78 Å². The maximum Gasteiger partial charge on any atom is 0.222 e. The van der Waals surface area contributed by atoms with E-state index in [0.717, 1.165) is 11.0 Å². The summed E-state index contributed by atoms with van der Waals surface area (Å²) in [5, 5.41) is 0.